The van der Waals surface area contributed by atoms with Gasteiger partial charge in [-0.25, -0.2) is 14.6 Å². The van der Waals surface area contributed by atoms with Gasteiger partial charge in [-0.05, 0) is 38.5 Å². The van der Waals surface area contributed by atoms with Crippen LogP contribution in [0.1, 0.15) is 38.4 Å². The molecule has 3 aromatic rings. The van der Waals surface area contributed by atoms with E-state index in [0.29, 0.717) is 23.8 Å². The minimum absolute atomic E-state index is 0.0793. The first kappa shape index (κ1) is 23.1. The fourth-order valence-electron chi connectivity index (χ4n) is 2.84. The number of hydrogen-bond donors (Lipinski definition) is 0. The van der Waals surface area contributed by atoms with Crippen molar-refractivity contribution in [2.75, 3.05) is 0 Å². The molecule has 0 aliphatic carbocycles. The summed E-state index contributed by atoms with van der Waals surface area (Å²) in [5.41, 5.74) is -0.0854. The zero-order chi connectivity index (χ0) is 23.3. The summed E-state index contributed by atoms with van der Waals surface area (Å²) < 4.78 is 59.9. The van der Waals surface area contributed by atoms with Gasteiger partial charge in [0.05, 0.1) is 6.10 Å². The highest BCUT2D eigenvalue weighted by Crippen LogP contribution is 2.31. The number of alkyl halides is 3. The molecule has 168 valence electrons. The summed E-state index contributed by atoms with van der Waals surface area (Å²) in [6, 6.07) is 5.18. The topological polar surface area (TPSA) is 65.7 Å². The summed E-state index contributed by atoms with van der Waals surface area (Å²) in [7, 11) is 0. The summed E-state index contributed by atoms with van der Waals surface area (Å²) in [6.45, 7) is 5.76. The highest BCUT2D eigenvalue weighted by molar-refractivity contribution is 5.84. The molecule has 0 aromatic carbocycles. The molecule has 0 N–H and O–H groups in total. The third-order valence-corrected chi connectivity index (χ3v) is 4.10. The molecule has 3 aromatic heterocycles. The zero-order valence-electron chi connectivity index (χ0n) is 17.6. The number of allylic oxidation sites excluding steroid dienone is 2. The SMILES string of the molecule is CC/C=C(OC(C)C)\C(=C\n1cnc(-c2cc(F)nc(C(F)(F)F)c2)n1)c1cccnc1. The van der Waals surface area contributed by atoms with Crippen molar-refractivity contribution < 1.29 is 22.3 Å². The second kappa shape index (κ2) is 9.71. The maximum absolute atomic E-state index is 13.7. The van der Waals surface area contributed by atoms with Crippen LogP contribution in [-0.4, -0.2) is 30.8 Å². The molecule has 6 nitrogen and oxygen atoms in total. The molecule has 0 fully saturated rings. The summed E-state index contributed by atoms with van der Waals surface area (Å²) in [5.74, 6) is -0.748. The van der Waals surface area contributed by atoms with Crippen molar-refractivity contribution in [3.8, 4) is 11.4 Å². The molecule has 0 amide bonds. The van der Waals surface area contributed by atoms with Crippen LogP contribution < -0.4 is 0 Å². The maximum Gasteiger partial charge on any atom is 0.433 e. The predicted molar refractivity (Wildman–Crippen MR) is 111 cm³/mol. The molecule has 0 atom stereocenters. The van der Waals surface area contributed by atoms with Gasteiger partial charge >= 0.3 is 6.18 Å². The molecular weight excluding hydrogens is 426 g/mol. The van der Waals surface area contributed by atoms with Crippen molar-refractivity contribution >= 4 is 11.8 Å². The lowest BCUT2D eigenvalue weighted by molar-refractivity contribution is -0.141. The lowest BCUT2D eigenvalue weighted by Gasteiger charge is -2.17. The van der Waals surface area contributed by atoms with E-state index in [4.69, 9.17) is 4.74 Å². The van der Waals surface area contributed by atoms with Gasteiger partial charge in [0, 0.05) is 41.4 Å². The molecule has 3 rings (SSSR count). The van der Waals surface area contributed by atoms with Crippen LogP contribution in [-0.2, 0) is 10.9 Å². The van der Waals surface area contributed by atoms with Crippen LogP contribution >= 0.6 is 0 Å². The third-order valence-electron chi connectivity index (χ3n) is 4.10. The monoisotopic (exact) mass is 447 g/mol. The quantitative estimate of drug-likeness (QED) is 0.204. The van der Waals surface area contributed by atoms with Crippen molar-refractivity contribution in [2.45, 2.75) is 39.5 Å². The van der Waals surface area contributed by atoms with Gasteiger partial charge in [0.1, 0.15) is 17.8 Å². The second-order valence-electron chi connectivity index (χ2n) is 7.04. The molecule has 0 aliphatic rings. The molecule has 3 heterocycles. The minimum atomic E-state index is -4.79. The number of ether oxygens (including phenoxy) is 1. The van der Waals surface area contributed by atoms with Gasteiger partial charge in [-0.2, -0.15) is 17.6 Å². The average Bonchev–Trinajstić information content (AvgIpc) is 3.20. The van der Waals surface area contributed by atoms with Gasteiger partial charge < -0.3 is 4.74 Å². The van der Waals surface area contributed by atoms with Gasteiger partial charge in [0.2, 0.25) is 5.95 Å². The number of nitrogens with zero attached hydrogens (tertiary/aromatic N) is 5. The van der Waals surface area contributed by atoms with Crippen molar-refractivity contribution in [3.63, 3.8) is 0 Å². The fraction of sp³-hybridized carbons (Fsp3) is 0.273. The van der Waals surface area contributed by atoms with E-state index in [1.165, 1.54) is 11.0 Å². The first-order valence-corrected chi connectivity index (χ1v) is 9.83. The molecular formula is C22H21F4N5O. The molecule has 0 radical (unpaired) electrons. The Balaban J connectivity index is 2.06. The Bertz CT molecular complexity index is 1120. The number of rotatable bonds is 7. The summed E-state index contributed by atoms with van der Waals surface area (Å²) in [5, 5.41) is 4.20. The Morgan fingerprint density at radius 1 is 1.25 bits per heavy atom. The van der Waals surface area contributed by atoms with Gasteiger partial charge in [-0.3, -0.25) is 4.98 Å². The zero-order valence-corrected chi connectivity index (χ0v) is 17.6. The van der Waals surface area contributed by atoms with Crippen LogP contribution in [0.5, 0.6) is 0 Å². The van der Waals surface area contributed by atoms with E-state index < -0.39 is 17.8 Å². The van der Waals surface area contributed by atoms with E-state index >= 15 is 0 Å². The van der Waals surface area contributed by atoms with Crippen LogP contribution in [0.25, 0.3) is 23.2 Å². The number of halogens is 4. The Morgan fingerprint density at radius 3 is 2.66 bits per heavy atom. The van der Waals surface area contributed by atoms with E-state index in [-0.39, 0.29) is 17.5 Å². The van der Waals surface area contributed by atoms with E-state index in [2.05, 4.69) is 20.1 Å². The highest BCUT2D eigenvalue weighted by Gasteiger charge is 2.33. The van der Waals surface area contributed by atoms with Crippen molar-refractivity contribution in [1.29, 1.82) is 0 Å². The smallest absolute Gasteiger partial charge is 0.433 e. The van der Waals surface area contributed by atoms with Crippen LogP contribution in [0.15, 0.2) is 54.8 Å². The Morgan fingerprint density at radius 2 is 2.03 bits per heavy atom. The minimum Gasteiger partial charge on any atom is -0.491 e. The van der Waals surface area contributed by atoms with Gasteiger partial charge in [0.25, 0.3) is 0 Å². The molecule has 0 aliphatic heterocycles. The van der Waals surface area contributed by atoms with Gasteiger partial charge in [-0.15, -0.1) is 5.10 Å². The first-order chi connectivity index (χ1) is 15.2. The van der Waals surface area contributed by atoms with E-state index in [9.17, 15) is 17.6 Å². The highest BCUT2D eigenvalue weighted by atomic mass is 19.4. The summed E-state index contributed by atoms with van der Waals surface area (Å²) in [6.07, 6.45) is 3.96. The predicted octanol–water partition coefficient (Wildman–Crippen LogP) is 5.61. The third kappa shape index (κ3) is 5.77. The van der Waals surface area contributed by atoms with Crippen LogP contribution in [0.2, 0.25) is 0 Å². The molecule has 0 saturated heterocycles. The van der Waals surface area contributed by atoms with Crippen molar-refractivity contribution in [3.05, 3.63) is 72.0 Å². The molecule has 10 heteroatoms. The largest absolute Gasteiger partial charge is 0.491 e. The van der Waals surface area contributed by atoms with E-state index in [1.54, 1.807) is 24.7 Å². The normalized spacial score (nSPS) is 13.0. The molecule has 0 bridgehead atoms. The summed E-state index contributed by atoms with van der Waals surface area (Å²) in [4.78, 5) is 11.1. The number of pyridine rings is 2. The molecule has 32 heavy (non-hydrogen) atoms. The van der Waals surface area contributed by atoms with Crippen LogP contribution in [0, 0.1) is 5.95 Å². The Kier molecular flexibility index (Phi) is 7.01. The molecule has 0 unspecified atom stereocenters. The van der Waals surface area contributed by atoms with E-state index in [1.807, 2.05) is 32.9 Å². The number of aromatic nitrogens is 5. The molecule has 0 saturated carbocycles. The second-order valence-corrected chi connectivity index (χ2v) is 7.04. The fourth-order valence-corrected chi connectivity index (χ4v) is 2.84. The maximum atomic E-state index is 13.7. The lowest BCUT2D eigenvalue weighted by atomic mass is 10.1. The lowest BCUT2D eigenvalue weighted by Crippen LogP contribution is -2.09. The Labute approximate surface area is 182 Å². The van der Waals surface area contributed by atoms with Crippen molar-refractivity contribution in [1.82, 2.24) is 24.7 Å². The van der Waals surface area contributed by atoms with Crippen molar-refractivity contribution in [2.24, 2.45) is 0 Å². The van der Waals surface area contributed by atoms with Crippen LogP contribution in [0.4, 0.5) is 17.6 Å². The van der Waals surface area contributed by atoms with Crippen LogP contribution in [0.3, 0.4) is 0 Å². The summed E-state index contributed by atoms with van der Waals surface area (Å²) >= 11 is 0. The number of hydrogen-bond acceptors (Lipinski definition) is 5. The standard InChI is InChI=1S/C22H21F4N5O/c1-4-6-18(32-14(2)3)17(15-7-5-8-27-11-15)12-31-13-28-21(30-31)16-9-19(22(24,25)26)29-20(23)10-16/h5-14H,4H2,1-3H3/b17-12+,18-6+. The first-order valence-electron chi connectivity index (χ1n) is 9.83. The average molecular weight is 447 g/mol. The molecule has 0 spiro atoms. The van der Waals surface area contributed by atoms with Gasteiger partial charge in [0.15, 0.2) is 5.82 Å². The Hall–Kier alpha value is -3.56. The van der Waals surface area contributed by atoms with E-state index in [0.717, 1.165) is 11.6 Å². The van der Waals surface area contributed by atoms with Gasteiger partial charge in [-0.1, -0.05) is 13.0 Å².